The van der Waals surface area contributed by atoms with E-state index in [0.29, 0.717) is 6.16 Å². The van der Waals surface area contributed by atoms with Crippen LogP contribution < -0.4 is 0 Å². The summed E-state index contributed by atoms with van der Waals surface area (Å²) < 4.78 is 11.6. The lowest BCUT2D eigenvalue weighted by atomic mass is 10.2. The van der Waals surface area contributed by atoms with Gasteiger partial charge in [0.2, 0.25) is 7.37 Å². The highest BCUT2D eigenvalue weighted by Gasteiger charge is 2.25. The smallest absolute Gasteiger partial charge is 0.207 e. The second-order valence-corrected chi connectivity index (χ2v) is 6.08. The molecule has 0 aliphatic heterocycles. The van der Waals surface area contributed by atoms with E-state index in [1.165, 1.54) is 0 Å². The van der Waals surface area contributed by atoms with Gasteiger partial charge in [0, 0.05) is 6.16 Å². The molecule has 72 valence electrons. The van der Waals surface area contributed by atoms with Crippen molar-refractivity contribution in [2.75, 3.05) is 6.16 Å². The molecule has 2 atom stereocenters. The number of rotatable bonds is 3. The maximum Gasteiger partial charge on any atom is 0.207 e. The third-order valence-electron chi connectivity index (χ3n) is 2.34. The van der Waals surface area contributed by atoms with Gasteiger partial charge >= 0.3 is 0 Å². The zero-order valence-electron chi connectivity index (χ0n) is 7.97. The molecule has 0 fully saturated rings. The summed E-state index contributed by atoms with van der Waals surface area (Å²) in [7, 11) is -2.99. The van der Waals surface area contributed by atoms with Crippen molar-refractivity contribution in [3.8, 4) is 0 Å². The van der Waals surface area contributed by atoms with Crippen molar-refractivity contribution in [2.24, 2.45) is 0 Å². The lowest BCUT2D eigenvalue weighted by Crippen LogP contribution is -1.96. The second kappa shape index (κ2) is 4.08. The molecule has 0 saturated heterocycles. The van der Waals surface area contributed by atoms with Crippen LogP contribution >= 0.6 is 7.37 Å². The van der Waals surface area contributed by atoms with Crippen LogP contribution in [0.1, 0.15) is 25.1 Å². The van der Waals surface area contributed by atoms with Gasteiger partial charge in [-0.05, 0) is 12.5 Å². The summed E-state index contributed by atoms with van der Waals surface area (Å²) in [6, 6.07) is 9.47. The van der Waals surface area contributed by atoms with Crippen molar-refractivity contribution >= 4 is 7.37 Å². The molecule has 0 heterocycles. The van der Waals surface area contributed by atoms with Crippen LogP contribution in [0.2, 0.25) is 0 Å². The van der Waals surface area contributed by atoms with E-state index >= 15 is 0 Å². The average Bonchev–Trinajstić information content (AvgIpc) is 2.18. The summed E-state index contributed by atoms with van der Waals surface area (Å²) in [4.78, 5) is 9.60. The lowest BCUT2D eigenvalue weighted by molar-refractivity contribution is 0.468. The standard InChI is InChI=1S/C10H15O2P/c1-3-13(11,12)9(2)10-7-5-4-6-8-10/h4-9H,3H2,1-2H3,(H,11,12). The summed E-state index contributed by atoms with van der Waals surface area (Å²) in [5.74, 6) is 0. The van der Waals surface area contributed by atoms with E-state index in [2.05, 4.69) is 0 Å². The van der Waals surface area contributed by atoms with Crippen LogP contribution in [0.25, 0.3) is 0 Å². The first-order valence-corrected chi connectivity index (χ1v) is 6.35. The van der Waals surface area contributed by atoms with Crippen LogP contribution in [0.3, 0.4) is 0 Å². The summed E-state index contributed by atoms with van der Waals surface area (Å²) in [6.45, 7) is 3.56. The fourth-order valence-corrected chi connectivity index (χ4v) is 2.42. The Bertz CT molecular complexity index is 308. The Morgan fingerprint density at radius 3 is 2.38 bits per heavy atom. The molecule has 2 nitrogen and oxygen atoms in total. The van der Waals surface area contributed by atoms with Crippen molar-refractivity contribution in [1.29, 1.82) is 0 Å². The van der Waals surface area contributed by atoms with Crippen LogP contribution in [0.5, 0.6) is 0 Å². The molecule has 0 radical (unpaired) electrons. The van der Waals surface area contributed by atoms with Crippen molar-refractivity contribution in [3.05, 3.63) is 35.9 Å². The van der Waals surface area contributed by atoms with E-state index in [-0.39, 0.29) is 5.66 Å². The van der Waals surface area contributed by atoms with Gasteiger partial charge in [-0.2, -0.15) is 0 Å². The summed E-state index contributed by atoms with van der Waals surface area (Å²) >= 11 is 0. The van der Waals surface area contributed by atoms with Gasteiger partial charge in [-0.15, -0.1) is 0 Å². The number of hydrogen-bond acceptors (Lipinski definition) is 1. The van der Waals surface area contributed by atoms with E-state index in [1.807, 2.05) is 30.3 Å². The maximum absolute atomic E-state index is 11.6. The summed E-state index contributed by atoms with van der Waals surface area (Å²) in [5, 5.41) is 0. The Hall–Kier alpha value is -0.590. The fourth-order valence-electron chi connectivity index (χ4n) is 1.24. The Morgan fingerprint density at radius 1 is 1.38 bits per heavy atom. The van der Waals surface area contributed by atoms with Gasteiger partial charge in [0.25, 0.3) is 0 Å². The molecule has 0 aliphatic carbocycles. The number of hydrogen-bond donors (Lipinski definition) is 1. The molecule has 1 rings (SSSR count). The summed E-state index contributed by atoms with van der Waals surface area (Å²) in [6.07, 6.45) is 0.336. The van der Waals surface area contributed by atoms with E-state index in [1.54, 1.807) is 13.8 Å². The third kappa shape index (κ3) is 2.43. The molecule has 0 amide bonds. The van der Waals surface area contributed by atoms with Crippen LogP contribution in [-0.4, -0.2) is 11.1 Å². The average molecular weight is 198 g/mol. The molecule has 0 aliphatic rings. The quantitative estimate of drug-likeness (QED) is 0.758. The molecule has 1 aromatic rings. The molecule has 2 unspecified atom stereocenters. The molecule has 1 N–H and O–H groups in total. The molecule has 0 bridgehead atoms. The van der Waals surface area contributed by atoms with Gasteiger partial charge in [-0.3, -0.25) is 4.57 Å². The zero-order valence-corrected chi connectivity index (χ0v) is 8.87. The van der Waals surface area contributed by atoms with Crippen molar-refractivity contribution in [1.82, 2.24) is 0 Å². The minimum absolute atomic E-state index is 0.251. The topological polar surface area (TPSA) is 37.3 Å². The predicted molar refractivity (Wildman–Crippen MR) is 55.2 cm³/mol. The van der Waals surface area contributed by atoms with Gasteiger partial charge in [0.15, 0.2) is 0 Å². The predicted octanol–water partition coefficient (Wildman–Crippen LogP) is 3.04. The number of benzene rings is 1. The SMILES string of the molecule is CCP(=O)(O)C(C)c1ccccc1. The van der Waals surface area contributed by atoms with Gasteiger partial charge in [0.05, 0.1) is 5.66 Å². The minimum atomic E-state index is -2.99. The molecule has 3 heteroatoms. The van der Waals surface area contributed by atoms with Gasteiger partial charge in [-0.1, -0.05) is 37.3 Å². The van der Waals surface area contributed by atoms with Gasteiger partial charge < -0.3 is 4.89 Å². The summed E-state index contributed by atoms with van der Waals surface area (Å²) in [5.41, 5.74) is 0.689. The van der Waals surface area contributed by atoms with Crippen molar-refractivity contribution in [3.63, 3.8) is 0 Å². The molecule has 0 aromatic heterocycles. The first-order valence-electron chi connectivity index (χ1n) is 4.44. The second-order valence-electron chi connectivity index (χ2n) is 3.16. The highest BCUT2D eigenvalue weighted by Crippen LogP contribution is 2.54. The fraction of sp³-hybridized carbons (Fsp3) is 0.400. The molecule has 13 heavy (non-hydrogen) atoms. The van der Waals surface area contributed by atoms with Crippen molar-refractivity contribution in [2.45, 2.75) is 19.5 Å². The molecule has 1 aromatic carbocycles. The van der Waals surface area contributed by atoms with Crippen LogP contribution in [0.15, 0.2) is 30.3 Å². The molecule has 0 spiro atoms. The van der Waals surface area contributed by atoms with E-state index in [0.717, 1.165) is 5.56 Å². The highest BCUT2D eigenvalue weighted by molar-refractivity contribution is 7.58. The monoisotopic (exact) mass is 198 g/mol. The van der Waals surface area contributed by atoms with E-state index in [4.69, 9.17) is 0 Å². The zero-order chi connectivity index (χ0) is 9.90. The Kier molecular flexibility index (Phi) is 3.29. The largest absolute Gasteiger partial charge is 0.344 e. The highest BCUT2D eigenvalue weighted by atomic mass is 31.2. The first kappa shape index (κ1) is 10.5. The van der Waals surface area contributed by atoms with Crippen LogP contribution in [0, 0.1) is 0 Å². The van der Waals surface area contributed by atoms with Gasteiger partial charge in [0.1, 0.15) is 0 Å². The van der Waals surface area contributed by atoms with Crippen LogP contribution in [0.4, 0.5) is 0 Å². The lowest BCUT2D eigenvalue weighted by Gasteiger charge is -2.17. The Balaban J connectivity index is 2.92. The van der Waals surface area contributed by atoms with E-state index in [9.17, 15) is 9.46 Å². The first-order chi connectivity index (χ1) is 6.08. The van der Waals surface area contributed by atoms with Gasteiger partial charge in [-0.25, -0.2) is 0 Å². The molecular formula is C10H15O2P. The van der Waals surface area contributed by atoms with E-state index < -0.39 is 7.37 Å². The normalized spacial score (nSPS) is 17.8. The maximum atomic E-state index is 11.6. The Morgan fingerprint density at radius 2 is 1.92 bits per heavy atom. The minimum Gasteiger partial charge on any atom is -0.344 e. The third-order valence-corrected chi connectivity index (χ3v) is 4.75. The Labute approximate surface area is 79.1 Å². The molecular weight excluding hydrogens is 183 g/mol. The van der Waals surface area contributed by atoms with Crippen molar-refractivity contribution < 1.29 is 9.46 Å². The van der Waals surface area contributed by atoms with Crippen LogP contribution in [-0.2, 0) is 4.57 Å². The molecule has 0 saturated carbocycles.